The van der Waals surface area contributed by atoms with Gasteiger partial charge in [0.05, 0.1) is 25.1 Å². The lowest BCUT2D eigenvalue weighted by molar-refractivity contribution is -0.139. The summed E-state index contributed by atoms with van der Waals surface area (Å²) >= 11 is 0. The molecule has 0 saturated carbocycles. The van der Waals surface area contributed by atoms with E-state index in [-0.39, 0.29) is 5.56 Å². The fourth-order valence-corrected chi connectivity index (χ4v) is 3.38. The topological polar surface area (TPSA) is 62.4 Å². The van der Waals surface area contributed by atoms with Gasteiger partial charge in [0.2, 0.25) is 0 Å². The number of nitrogens with zero attached hydrogens (tertiary/aromatic N) is 2. The molecule has 0 unspecified atom stereocenters. The number of alkyl halides is 3. The lowest BCUT2D eigenvalue weighted by atomic mass is 10.0. The van der Waals surface area contributed by atoms with Gasteiger partial charge >= 0.3 is 6.18 Å². The summed E-state index contributed by atoms with van der Waals surface area (Å²) in [5, 5.41) is 9.69. The Bertz CT molecular complexity index is 835. The molecule has 2 N–H and O–H groups in total. The second-order valence-corrected chi connectivity index (χ2v) is 7.37. The number of benzene rings is 1. The van der Waals surface area contributed by atoms with E-state index in [9.17, 15) is 17.6 Å². The molecule has 0 bridgehead atoms. The Hall–Kier alpha value is -2.17. The van der Waals surface area contributed by atoms with Crippen molar-refractivity contribution < 1.29 is 27.0 Å². The van der Waals surface area contributed by atoms with Crippen LogP contribution in [0.1, 0.15) is 24.0 Å². The van der Waals surface area contributed by atoms with Crippen LogP contribution < -0.4 is 10.1 Å². The van der Waals surface area contributed by atoms with E-state index in [2.05, 4.69) is 15.5 Å². The highest BCUT2D eigenvalue weighted by molar-refractivity contribution is 5.66. The lowest BCUT2D eigenvalue weighted by Crippen LogP contribution is -2.27. The molecule has 1 saturated heterocycles. The van der Waals surface area contributed by atoms with Gasteiger partial charge in [-0.1, -0.05) is 0 Å². The molecule has 1 aliphatic rings. The maximum absolute atomic E-state index is 14.8. The number of halogens is 4. The number of ether oxygens (including phenoxy) is 2. The predicted molar refractivity (Wildman–Crippen MR) is 104 cm³/mol. The Labute approximate surface area is 172 Å². The van der Waals surface area contributed by atoms with Gasteiger partial charge in [-0.15, -0.1) is 0 Å². The van der Waals surface area contributed by atoms with Crippen molar-refractivity contribution in [2.45, 2.75) is 31.7 Å². The summed E-state index contributed by atoms with van der Waals surface area (Å²) in [6, 6.07) is 1.98. The minimum Gasteiger partial charge on any atom is -0.487 e. The van der Waals surface area contributed by atoms with E-state index in [1.807, 2.05) is 19.0 Å². The molecule has 0 atom stereocenters. The normalized spacial score (nSPS) is 15.7. The molecule has 1 fully saturated rings. The van der Waals surface area contributed by atoms with E-state index >= 15 is 0 Å². The molecule has 0 aliphatic carbocycles. The number of likely N-dealkylation sites (N-methyl/N-ethyl adjacent to an activating group) is 2. The zero-order chi connectivity index (χ0) is 21.7. The van der Waals surface area contributed by atoms with Gasteiger partial charge in [-0.05, 0) is 26.2 Å². The average molecular weight is 430 g/mol. The number of nitrogens with one attached hydrogen (secondary N) is 2. The van der Waals surface area contributed by atoms with Crippen molar-refractivity contribution in [1.82, 2.24) is 20.4 Å². The highest BCUT2D eigenvalue weighted by atomic mass is 19.4. The molecule has 3 rings (SSSR count). The van der Waals surface area contributed by atoms with E-state index in [4.69, 9.17) is 9.47 Å². The molecule has 2 aromatic rings. The van der Waals surface area contributed by atoms with Crippen molar-refractivity contribution in [2.24, 2.45) is 0 Å². The Morgan fingerprint density at radius 1 is 1.30 bits per heavy atom. The third kappa shape index (κ3) is 5.50. The molecule has 2 heterocycles. The summed E-state index contributed by atoms with van der Waals surface area (Å²) in [4.78, 5) is 1.99. The molecule has 6 nitrogen and oxygen atoms in total. The molecule has 0 amide bonds. The lowest BCUT2D eigenvalue weighted by Gasteiger charge is -2.25. The zero-order valence-electron chi connectivity index (χ0n) is 17.0. The number of hydrogen-bond acceptors (Lipinski definition) is 5. The first-order valence-electron chi connectivity index (χ1n) is 9.80. The van der Waals surface area contributed by atoms with Gasteiger partial charge in [0.15, 0.2) is 11.6 Å². The summed E-state index contributed by atoms with van der Waals surface area (Å²) in [5.41, 5.74) is -0.0192. The van der Waals surface area contributed by atoms with E-state index in [0.717, 1.165) is 25.2 Å². The summed E-state index contributed by atoms with van der Waals surface area (Å²) in [5.74, 6) is -1.80. The smallest absolute Gasteiger partial charge is 0.420 e. The minimum atomic E-state index is -4.76. The first-order valence-corrected chi connectivity index (χ1v) is 9.80. The molecular weight excluding hydrogens is 404 g/mol. The van der Waals surface area contributed by atoms with Gasteiger partial charge in [0, 0.05) is 43.6 Å². The standard InChI is InChI=1S/C20H26F4N4O2/c1-25-5-6-28(2)12-14-11-26-27-18(14)13-9-16(20(22,23)24)19(17(21)10-13)30-15-3-7-29-8-4-15/h9-11,15,25H,3-8,12H2,1-2H3,(H,26,27). The van der Waals surface area contributed by atoms with E-state index in [1.54, 1.807) is 6.20 Å². The van der Waals surface area contributed by atoms with Gasteiger partial charge in [-0.25, -0.2) is 4.39 Å². The highest BCUT2D eigenvalue weighted by Crippen LogP contribution is 2.41. The average Bonchev–Trinajstić information content (AvgIpc) is 3.15. The Balaban J connectivity index is 1.92. The summed E-state index contributed by atoms with van der Waals surface area (Å²) in [6.07, 6.45) is -2.89. The Morgan fingerprint density at radius 2 is 2.03 bits per heavy atom. The van der Waals surface area contributed by atoms with Crippen LogP contribution in [0.3, 0.4) is 0 Å². The first-order chi connectivity index (χ1) is 14.3. The maximum Gasteiger partial charge on any atom is 0.420 e. The molecule has 30 heavy (non-hydrogen) atoms. The fourth-order valence-electron chi connectivity index (χ4n) is 3.38. The van der Waals surface area contributed by atoms with Gasteiger partial charge < -0.3 is 19.7 Å². The van der Waals surface area contributed by atoms with Crippen molar-refractivity contribution >= 4 is 0 Å². The monoisotopic (exact) mass is 430 g/mol. The molecule has 0 spiro atoms. The van der Waals surface area contributed by atoms with Crippen LogP contribution in [-0.4, -0.2) is 61.6 Å². The van der Waals surface area contributed by atoms with Crippen molar-refractivity contribution in [3.63, 3.8) is 0 Å². The van der Waals surface area contributed by atoms with E-state index in [0.29, 0.717) is 43.9 Å². The summed E-state index contributed by atoms with van der Waals surface area (Å²) in [6.45, 7) is 2.71. The molecular formula is C20H26F4N4O2. The fraction of sp³-hybridized carbons (Fsp3) is 0.550. The van der Waals surface area contributed by atoms with E-state index < -0.39 is 29.4 Å². The Kier molecular flexibility index (Phi) is 7.32. The molecule has 0 radical (unpaired) electrons. The van der Waals surface area contributed by atoms with Crippen LogP contribution in [0.15, 0.2) is 18.3 Å². The second-order valence-electron chi connectivity index (χ2n) is 7.37. The Morgan fingerprint density at radius 3 is 2.70 bits per heavy atom. The summed E-state index contributed by atoms with van der Waals surface area (Å²) in [7, 11) is 3.73. The van der Waals surface area contributed by atoms with Crippen molar-refractivity contribution in [3.05, 3.63) is 35.3 Å². The predicted octanol–water partition coefficient (Wildman–Crippen LogP) is 3.44. The van der Waals surface area contributed by atoms with Crippen LogP contribution in [0.5, 0.6) is 5.75 Å². The second kappa shape index (κ2) is 9.76. The maximum atomic E-state index is 14.8. The molecule has 10 heteroatoms. The third-order valence-corrected chi connectivity index (χ3v) is 4.99. The number of aromatic amines is 1. The number of rotatable bonds is 8. The largest absolute Gasteiger partial charge is 0.487 e. The zero-order valence-corrected chi connectivity index (χ0v) is 17.0. The van der Waals surface area contributed by atoms with Crippen LogP contribution in [0, 0.1) is 5.82 Å². The highest BCUT2D eigenvalue weighted by Gasteiger charge is 2.38. The number of hydrogen-bond donors (Lipinski definition) is 2. The molecule has 166 valence electrons. The van der Waals surface area contributed by atoms with Crippen LogP contribution in [0.4, 0.5) is 17.6 Å². The van der Waals surface area contributed by atoms with Gasteiger partial charge in [-0.3, -0.25) is 5.10 Å². The quantitative estimate of drug-likeness (QED) is 0.629. The van der Waals surface area contributed by atoms with Gasteiger partial charge in [0.1, 0.15) is 11.7 Å². The van der Waals surface area contributed by atoms with Crippen molar-refractivity contribution in [1.29, 1.82) is 0 Å². The van der Waals surface area contributed by atoms with Crippen LogP contribution in [0.25, 0.3) is 11.3 Å². The minimum absolute atomic E-state index is 0.0775. The number of H-pyrrole nitrogens is 1. The molecule has 1 aromatic heterocycles. The number of aromatic nitrogens is 2. The van der Waals surface area contributed by atoms with Gasteiger partial charge in [-0.2, -0.15) is 18.3 Å². The van der Waals surface area contributed by atoms with E-state index in [1.165, 1.54) is 0 Å². The SMILES string of the molecule is CNCCN(C)Cc1cn[nH]c1-c1cc(F)c(OC2CCOCC2)c(C(F)(F)F)c1. The van der Waals surface area contributed by atoms with Crippen molar-refractivity contribution in [2.75, 3.05) is 40.4 Å². The summed E-state index contributed by atoms with van der Waals surface area (Å²) < 4.78 is 66.7. The van der Waals surface area contributed by atoms with Gasteiger partial charge in [0.25, 0.3) is 0 Å². The first kappa shape index (κ1) is 22.5. The molecule has 1 aromatic carbocycles. The molecule has 1 aliphatic heterocycles. The third-order valence-electron chi connectivity index (χ3n) is 4.99. The van der Waals surface area contributed by atoms with Crippen LogP contribution in [-0.2, 0) is 17.5 Å². The van der Waals surface area contributed by atoms with Crippen LogP contribution >= 0.6 is 0 Å². The van der Waals surface area contributed by atoms with Crippen molar-refractivity contribution in [3.8, 4) is 17.0 Å². The van der Waals surface area contributed by atoms with Crippen LogP contribution in [0.2, 0.25) is 0 Å².